The van der Waals surface area contributed by atoms with E-state index in [1.807, 2.05) is 0 Å². The average molecular weight is 328 g/mol. The number of carbonyl (C=O) groups is 1. The van der Waals surface area contributed by atoms with Gasteiger partial charge in [-0.15, -0.1) is 13.2 Å². The van der Waals surface area contributed by atoms with Crippen LogP contribution in [-0.2, 0) is 4.79 Å². The summed E-state index contributed by atoms with van der Waals surface area (Å²) in [6.45, 7) is 0.107. The van der Waals surface area contributed by atoms with Crippen molar-refractivity contribution >= 4 is 11.6 Å². The lowest BCUT2D eigenvalue weighted by Gasteiger charge is -2.18. The highest BCUT2D eigenvalue weighted by Crippen LogP contribution is 2.44. The number of carbonyl (C=O) groups excluding carboxylic acids is 1. The third kappa shape index (κ3) is 5.04. The number of ether oxygens (including phenoxy) is 1. The van der Waals surface area contributed by atoms with Gasteiger partial charge in [0, 0.05) is 11.7 Å². The van der Waals surface area contributed by atoms with Crippen molar-refractivity contribution in [3.05, 3.63) is 24.3 Å². The first-order valence-electron chi connectivity index (χ1n) is 7.80. The number of hydrogen-bond acceptors (Lipinski definition) is 3. The zero-order valence-electron chi connectivity index (χ0n) is 12.5. The number of rotatable bonds is 7. The monoisotopic (exact) mass is 328 g/mol. The summed E-state index contributed by atoms with van der Waals surface area (Å²) in [5, 5.41) is 5.99. The van der Waals surface area contributed by atoms with E-state index in [4.69, 9.17) is 0 Å². The minimum atomic E-state index is -4.70. The van der Waals surface area contributed by atoms with Gasteiger partial charge in [-0.1, -0.05) is 0 Å². The quantitative estimate of drug-likeness (QED) is 0.807. The lowest BCUT2D eigenvalue weighted by molar-refractivity contribution is -0.274. The van der Waals surface area contributed by atoms with Crippen LogP contribution in [0.4, 0.5) is 18.9 Å². The van der Waals surface area contributed by atoms with E-state index in [0.29, 0.717) is 23.6 Å². The first-order valence-corrected chi connectivity index (χ1v) is 7.80. The Morgan fingerprint density at radius 2 is 1.70 bits per heavy atom. The lowest BCUT2D eigenvalue weighted by Crippen LogP contribution is -2.41. The zero-order chi connectivity index (χ0) is 16.4. The van der Waals surface area contributed by atoms with Crippen molar-refractivity contribution in [2.75, 3.05) is 11.9 Å². The second kappa shape index (κ2) is 6.29. The molecule has 0 aliphatic heterocycles. The summed E-state index contributed by atoms with van der Waals surface area (Å²) >= 11 is 0. The number of benzene rings is 1. The van der Waals surface area contributed by atoms with E-state index in [0.717, 1.165) is 0 Å². The Labute approximate surface area is 132 Å². The number of nitrogens with one attached hydrogen (secondary N) is 2. The van der Waals surface area contributed by atoms with Gasteiger partial charge in [-0.2, -0.15) is 0 Å². The first-order chi connectivity index (χ1) is 10.9. The van der Waals surface area contributed by atoms with Gasteiger partial charge in [0.2, 0.25) is 5.91 Å². The highest BCUT2D eigenvalue weighted by atomic mass is 19.4. The molecule has 0 saturated heterocycles. The lowest BCUT2D eigenvalue weighted by atomic mass is 10.1. The van der Waals surface area contributed by atoms with Crippen LogP contribution >= 0.6 is 0 Å². The van der Waals surface area contributed by atoms with Gasteiger partial charge in [0.15, 0.2) is 0 Å². The van der Waals surface area contributed by atoms with Crippen molar-refractivity contribution in [2.45, 2.75) is 38.1 Å². The fraction of sp³-hybridized carbons (Fsp3) is 0.562. The average Bonchev–Trinajstić information content (AvgIpc) is 3.36. The van der Waals surface area contributed by atoms with E-state index in [9.17, 15) is 18.0 Å². The molecule has 126 valence electrons. The van der Waals surface area contributed by atoms with E-state index in [1.165, 1.54) is 49.9 Å². The molecule has 1 aromatic rings. The van der Waals surface area contributed by atoms with Crippen molar-refractivity contribution in [3.63, 3.8) is 0 Å². The van der Waals surface area contributed by atoms with Crippen LogP contribution in [0, 0.1) is 11.8 Å². The molecule has 1 aromatic carbocycles. The Kier molecular flexibility index (Phi) is 4.37. The Morgan fingerprint density at radius 3 is 2.17 bits per heavy atom. The second-order valence-electron chi connectivity index (χ2n) is 6.19. The topological polar surface area (TPSA) is 50.4 Å². The molecule has 7 heteroatoms. The van der Waals surface area contributed by atoms with Crippen molar-refractivity contribution in [1.29, 1.82) is 0 Å². The molecular formula is C16H19F3N2O2. The molecule has 0 radical (unpaired) electrons. The van der Waals surface area contributed by atoms with Crippen LogP contribution in [0.5, 0.6) is 5.75 Å². The van der Waals surface area contributed by atoms with E-state index >= 15 is 0 Å². The molecule has 0 atom stereocenters. The molecule has 0 spiro atoms. The van der Waals surface area contributed by atoms with Gasteiger partial charge < -0.3 is 15.4 Å². The predicted octanol–water partition coefficient (Wildman–Crippen LogP) is 3.30. The summed E-state index contributed by atoms with van der Waals surface area (Å²) < 4.78 is 40.0. The molecule has 2 aliphatic carbocycles. The first kappa shape index (κ1) is 16.0. The van der Waals surface area contributed by atoms with Crippen molar-refractivity contribution < 1.29 is 22.7 Å². The summed E-state index contributed by atoms with van der Waals surface area (Å²) in [6.07, 6.45) is 0.0611. The molecule has 0 unspecified atom stereocenters. The summed E-state index contributed by atoms with van der Waals surface area (Å²) in [6, 6.07) is 5.63. The molecule has 2 aliphatic rings. The number of hydrogen-bond donors (Lipinski definition) is 2. The predicted molar refractivity (Wildman–Crippen MR) is 79.0 cm³/mol. The third-order valence-corrected chi connectivity index (χ3v) is 4.13. The SMILES string of the molecule is O=C(CNc1ccc(OC(F)(F)F)cc1)NC(C1CC1)C1CC1. The van der Waals surface area contributed by atoms with Gasteiger partial charge >= 0.3 is 6.36 Å². The van der Waals surface area contributed by atoms with E-state index < -0.39 is 6.36 Å². The number of amides is 1. The van der Waals surface area contributed by atoms with E-state index in [-0.39, 0.29) is 18.2 Å². The smallest absolute Gasteiger partial charge is 0.406 e. The minimum Gasteiger partial charge on any atom is -0.406 e. The van der Waals surface area contributed by atoms with Gasteiger partial charge in [-0.05, 0) is 61.8 Å². The molecule has 4 nitrogen and oxygen atoms in total. The standard InChI is InChI=1S/C16H19F3N2O2/c17-16(18,19)23-13-7-5-12(6-8-13)20-9-14(22)21-15(10-1-2-10)11-3-4-11/h5-8,10-11,15,20H,1-4,9H2,(H,21,22). The summed E-state index contributed by atoms with van der Waals surface area (Å²) in [5.74, 6) is 0.898. The van der Waals surface area contributed by atoms with Crippen molar-refractivity contribution in [2.24, 2.45) is 11.8 Å². The van der Waals surface area contributed by atoms with Gasteiger partial charge in [0.05, 0.1) is 6.54 Å². The third-order valence-electron chi connectivity index (χ3n) is 4.13. The molecule has 3 rings (SSSR count). The molecule has 0 bridgehead atoms. The highest BCUT2D eigenvalue weighted by molar-refractivity contribution is 5.81. The largest absolute Gasteiger partial charge is 0.573 e. The number of halogens is 3. The van der Waals surface area contributed by atoms with Gasteiger partial charge in [-0.3, -0.25) is 4.79 Å². The summed E-state index contributed by atoms with van der Waals surface area (Å²) in [5.41, 5.74) is 0.573. The molecular weight excluding hydrogens is 309 g/mol. The molecule has 2 N–H and O–H groups in total. The number of alkyl halides is 3. The molecule has 0 aromatic heterocycles. The van der Waals surface area contributed by atoms with E-state index in [1.54, 1.807) is 0 Å². The van der Waals surface area contributed by atoms with Gasteiger partial charge in [0.1, 0.15) is 5.75 Å². The summed E-state index contributed by atoms with van der Waals surface area (Å²) in [7, 11) is 0. The number of anilines is 1. The van der Waals surface area contributed by atoms with Crippen LogP contribution in [-0.4, -0.2) is 24.9 Å². The Morgan fingerprint density at radius 1 is 1.13 bits per heavy atom. The normalized spacial score (nSPS) is 17.9. The molecule has 0 heterocycles. The summed E-state index contributed by atoms with van der Waals surface area (Å²) in [4.78, 5) is 12.0. The molecule has 23 heavy (non-hydrogen) atoms. The fourth-order valence-electron chi connectivity index (χ4n) is 2.73. The maximum atomic E-state index is 12.1. The second-order valence-corrected chi connectivity index (χ2v) is 6.19. The molecule has 2 fully saturated rings. The van der Waals surface area contributed by atoms with Gasteiger partial charge in [0.25, 0.3) is 0 Å². The van der Waals surface area contributed by atoms with Crippen LogP contribution in [0.25, 0.3) is 0 Å². The maximum Gasteiger partial charge on any atom is 0.573 e. The van der Waals surface area contributed by atoms with E-state index in [2.05, 4.69) is 15.4 Å². The minimum absolute atomic E-state index is 0.0792. The van der Waals surface area contributed by atoms with Crippen LogP contribution in [0.2, 0.25) is 0 Å². The van der Waals surface area contributed by atoms with Gasteiger partial charge in [-0.25, -0.2) is 0 Å². The Bertz CT molecular complexity index is 539. The highest BCUT2D eigenvalue weighted by Gasteiger charge is 2.42. The van der Waals surface area contributed by atoms with Crippen LogP contribution < -0.4 is 15.4 Å². The van der Waals surface area contributed by atoms with Crippen molar-refractivity contribution in [3.8, 4) is 5.75 Å². The van der Waals surface area contributed by atoms with Crippen molar-refractivity contribution in [1.82, 2.24) is 5.32 Å². The Hall–Kier alpha value is -1.92. The fourth-order valence-corrected chi connectivity index (χ4v) is 2.73. The molecule has 1 amide bonds. The maximum absolute atomic E-state index is 12.1. The molecule has 2 saturated carbocycles. The van der Waals surface area contributed by atoms with Crippen LogP contribution in [0.1, 0.15) is 25.7 Å². The van der Waals surface area contributed by atoms with Crippen LogP contribution in [0.15, 0.2) is 24.3 Å². The Balaban J connectivity index is 1.45. The zero-order valence-corrected chi connectivity index (χ0v) is 12.5. The van der Waals surface area contributed by atoms with Crippen LogP contribution in [0.3, 0.4) is 0 Å².